The maximum Gasteiger partial charge on any atom is 0.276 e. The van der Waals surface area contributed by atoms with Crippen molar-refractivity contribution in [2.24, 2.45) is 0 Å². The van der Waals surface area contributed by atoms with E-state index in [-0.39, 0.29) is 17.6 Å². The lowest BCUT2D eigenvalue weighted by atomic mass is 10.1. The van der Waals surface area contributed by atoms with E-state index in [0.29, 0.717) is 11.4 Å². The smallest absolute Gasteiger partial charge is 0.276 e. The Kier molecular flexibility index (Phi) is 4.67. The lowest BCUT2D eigenvalue weighted by Gasteiger charge is -2.10. The van der Waals surface area contributed by atoms with E-state index in [9.17, 15) is 14.9 Å². The molecule has 0 saturated heterocycles. The average Bonchev–Trinajstić information content (AvgIpc) is 2.93. The first kappa shape index (κ1) is 15.4. The number of benzene rings is 1. The first-order valence-corrected chi connectivity index (χ1v) is 6.75. The van der Waals surface area contributed by atoms with Crippen LogP contribution in [0.1, 0.15) is 25.5 Å². The van der Waals surface area contributed by atoms with Crippen molar-refractivity contribution >= 4 is 23.5 Å². The zero-order valence-electron chi connectivity index (χ0n) is 12.3. The van der Waals surface area contributed by atoms with Crippen molar-refractivity contribution < 1.29 is 9.72 Å². The Hall–Kier alpha value is -2.96. The third-order valence-electron chi connectivity index (χ3n) is 2.96. The molecule has 0 saturated carbocycles. The van der Waals surface area contributed by atoms with Gasteiger partial charge in [0.05, 0.1) is 16.7 Å². The van der Waals surface area contributed by atoms with Gasteiger partial charge in [0, 0.05) is 24.3 Å². The van der Waals surface area contributed by atoms with Gasteiger partial charge in [-0.15, -0.1) is 0 Å². The summed E-state index contributed by atoms with van der Waals surface area (Å²) < 4.78 is 1.68. The topological polar surface area (TPSA) is 90.1 Å². The first-order chi connectivity index (χ1) is 10.5. The largest absolute Gasteiger partial charge is 0.307 e. The van der Waals surface area contributed by atoms with Crippen LogP contribution in [0, 0.1) is 10.1 Å². The molecule has 7 nitrogen and oxygen atoms in total. The van der Waals surface area contributed by atoms with E-state index < -0.39 is 4.92 Å². The Morgan fingerprint density at radius 3 is 2.77 bits per heavy atom. The molecule has 1 amide bonds. The van der Waals surface area contributed by atoms with Crippen molar-refractivity contribution in [3.05, 3.63) is 58.3 Å². The normalized spacial score (nSPS) is 11.0. The van der Waals surface area contributed by atoms with Gasteiger partial charge < -0.3 is 5.32 Å². The van der Waals surface area contributed by atoms with Crippen LogP contribution < -0.4 is 5.32 Å². The molecule has 0 aliphatic heterocycles. The molecular formula is C15H16N4O3. The van der Waals surface area contributed by atoms with Crippen LogP contribution in [-0.2, 0) is 4.79 Å². The molecule has 1 aromatic carbocycles. The van der Waals surface area contributed by atoms with Gasteiger partial charge in [-0.3, -0.25) is 14.9 Å². The highest BCUT2D eigenvalue weighted by molar-refractivity contribution is 6.01. The fourth-order valence-electron chi connectivity index (χ4n) is 1.95. The second kappa shape index (κ2) is 6.66. The molecule has 1 aromatic heterocycles. The van der Waals surface area contributed by atoms with Gasteiger partial charge in [0.1, 0.15) is 5.82 Å². The summed E-state index contributed by atoms with van der Waals surface area (Å²) in [5, 5.41) is 17.7. The van der Waals surface area contributed by atoms with Crippen molar-refractivity contribution in [3.63, 3.8) is 0 Å². The molecule has 0 aliphatic carbocycles. The van der Waals surface area contributed by atoms with E-state index in [2.05, 4.69) is 10.4 Å². The van der Waals surface area contributed by atoms with Crippen LogP contribution in [-0.4, -0.2) is 20.6 Å². The van der Waals surface area contributed by atoms with Gasteiger partial charge in [-0.25, -0.2) is 4.68 Å². The molecule has 114 valence electrons. The van der Waals surface area contributed by atoms with Crippen LogP contribution in [0.2, 0.25) is 0 Å². The van der Waals surface area contributed by atoms with Crippen LogP contribution in [0.5, 0.6) is 0 Å². The number of amides is 1. The van der Waals surface area contributed by atoms with Gasteiger partial charge in [0.2, 0.25) is 5.91 Å². The number of hydrogen-bond donors (Lipinski definition) is 1. The monoisotopic (exact) mass is 300 g/mol. The number of hydrogen-bond acceptors (Lipinski definition) is 4. The number of carbonyl (C=O) groups is 1. The lowest BCUT2D eigenvalue weighted by molar-refractivity contribution is -0.385. The first-order valence-electron chi connectivity index (χ1n) is 6.75. The number of nitro groups is 1. The minimum Gasteiger partial charge on any atom is -0.307 e. The average molecular weight is 300 g/mol. The zero-order valence-corrected chi connectivity index (χ0v) is 12.3. The third-order valence-corrected chi connectivity index (χ3v) is 2.96. The summed E-state index contributed by atoms with van der Waals surface area (Å²) in [4.78, 5) is 22.4. The van der Waals surface area contributed by atoms with Gasteiger partial charge in [0.15, 0.2) is 0 Å². The molecule has 22 heavy (non-hydrogen) atoms. The van der Waals surface area contributed by atoms with Crippen LogP contribution >= 0.6 is 0 Å². The van der Waals surface area contributed by atoms with Crippen LogP contribution in [0.4, 0.5) is 11.5 Å². The van der Waals surface area contributed by atoms with E-state index in [0.717, 1.165) is 0 Å². The van der Waals surface area contributed by atoms with Gasteiger partial charge >= 0.3 is 0 Å². The molecule has 1 N–H and O–H groups in total. The molecule has 0 bridgehead atoms. The fourth-order valence-corrected chi connectivity index (χ4v) is 1.95. The molecule has 2 rings (SSSR count). The predicted molar refractivity (Wildman–Crippen MR) is 83.4 cm³/mol. The third kappa shape index (κ3) is 3.57. The summed E-state index contributed by atoms with van der Waals surface area (Å²) in [7, 11) is 0. The number of nitrogens with zero attached hydrogens (tertiary/aromatic N) is 3. The quantitative estimate of drug-likeness (QED) is 0.522. The number of anilines is 1. The Morgan fingerprint density at radius 1 is 1.36 bits per heavy atom. The molecule has 0 atom stereocenters. The second-order valence-electron chi connectivity index (χ2n) is 4.89. The van der Waals surface area contributed by atoms with Crippen molar-refractivity contribution in [3.8, 4) is 0 Å². The number of nitrogens with one attached hydrogen (secondary N) is 1. The Bertz CT molecular complexity index is 719. The number of carbonyl (C=O) groups excluding carboxylic acids is 1. The van der Waals surface area contributed by atoms with Crippen LogP contribution in [0.3, 0.4) is 0 Å². The standard InChI is InChI=1S/C15H16N4O3/c1-11(2)18-14(9-10-16-18)17-15(20)8-7-12-5-3-4-6-13(12)19(21)22/h3-11H,1-2H3,(H,17,20). The summed E-state index contributed by atoms with van der Waals surface area (Å²) >= 11 is 0. The van der Waals surface area contributed by atoms with Gasteiger partial charge in [-0.1, -0.05) is 12.1 Å². The maximum atomic E-state index is 11.9. The summed E-state index contributed by atoms with van der Waals surface area (Å²) in [5.41, 5.74) is 0.332. The van der Waals surface area contributed by atoms with Gasteiger partial charge in [-0.05, 0) is 26.0 Å². The fraction of sp³-hybridized carbons (Fsp3) is 0.200. The zero-order chi connectivity index (χ0) is 16.1. The molecule has 0 aliphatic rings. The summed E-state index contributed by atoms with van der Waals surface area (Å²) in [6.07, 6.45) is 4.28. The molecule has 0 unspecified atom stereocenters. The van der Waals surface area contributed by atoms with Crippen molar-refractivity contribution in [1.82, 2.24) is 9.78 Å². The number of nitro benzene ring substituents is 1. The highest BCUT2D eigenvalue weighted by atomic mass is 16.6. The number of rotatable bonds is 5. The van der Waals surface area contributed by atoms with E-state index in [1.165, 1.54) is 18.2 Å². The SMILES string of the molecule is CC(C)n1nccc1NC(=O)C=Cc1ccccc1[N+](=O)[O-]. The molecule has 0 spiro atoms. The van der Waals surface area contributed by atoms with Crippen molar-refractivity contribution in [2.45, 2.75) is 19.9 Å². The highest BCUT2D eigenvalue weighted by Gasteiger charge is 2.11. The second-order valence-corrected chi connectivity index (χ2v) is 4.89. The van der Waals surface area contributed by atoms with Crippen molar-refractivity contribution in [2.75, 3.05) is 5.32 Å². The number of para-hydroxylation sites is 1. The van der Waals surface area contributed by atoms with Crippen molar-refractivity contribution in [1.29, 1.82) is 0 Å². The van der Waals surface area contributed by atoms with E-state index in [1.54, 1.807) is 35.1 Å². The molecule has 2 aromatic rings. The molecule has 0 fully saturated rings. The van der Waals surface area contributed by atoms with E-state index in [1.807, 2.05) is 13.8 Å². The maximum absolute atomic E-state index is 11.9. The summed E-state index contributed by atoms with van der Waals surface area (Å²) in [5.74, 6) is 0.202. The molecule has 7 heteroatoms. The van der Waals surface area contributed by atoms with Gasteiger partial charge in [0.25, 0.3) is 5.69 Å². The predicted octanol–water partition coefficient (Wildman–Crippen LogP) is 3.02. The molecule has 1 heterocycles. The Morgan fingerprint density at radius 2 is 2.09 bits per heavy atom. The lowest BCUT2D eigenvalue weighted by Crippen LogP contribution is -2.14. The van der Waals surface area contributed by atoms with E-state index >= 15 is 0 Å². The molecular weight excluding hydrogens is 284 g/mol. The summed E-state index contributed by atoms with van der Waals surface area (Å²) in [6, 6.07) is 8.04. The Balaban J connectivity index is 2.12. The van der Waals surface area contributed by atoms with E-state index in [4.69, 9.17) is 0 Å². The minimum absolute atomic E-state index is 0.0428. The number of aromatic nitrogens is 2. The van der Waals surface area contributed by atoms with Crippen LogP contribution in [0.25, 0.3) is 6.08 Å². The highest BCUT2D eigenvalue weighted by Crippen LogP contribution is 2.19. The van der Waals surface area contributed by atoms with Crippen LogP contribution in [0.15, 0.2) is 42.6 Å². The van der Waals surface area contributed by atoms with Gasteiger partial charge in [-0.2, -0.15) is 5.10 Å². The summed E-state index contributed by atoms with van der Waals surface area (Å²) in [6.45, 7) is 3.90. The minimum atomic E-state index is -0.481. The molecule has 0 radical (unpaired) electrons. The Labute approximate surface area is 127 Å².